The van der Waals surface area contributed by atoms with Crippen molar-refractivity contribution >= 4 is 17.5 Å². The zero-order valence-corrected chi connectivity index (χ0v) is 12.3. The number of carbonyl (C=O) groups is 1. The molecule has 1 saturated heterocycles. The number of nitrogens with zero attached hydrogens (tertiary/aromatic N) is 1. The highest BCUT2D eigenvalue weighted by Crippen LogP contribution is 2.19. The summed E-state index contributed by atoms with van der Waals surface area (Å²) < 4.78 is 0. The summed E-state index contributed by atoms with van der Waals surface area (Å²) in [5, 5.41) is 3.77. The number of hydrogen-bond donors (Lipinski definition) is 1. The van der Waals surface area contributed by atoms with Gasteiger partial charge < -0.3 is 10.2 Å². The fraction of sp³-hybridized carbons (Fsp3) is 0.533. The van der Waals surface area contributed by atoms with Crippen LogP contribution in [0.2, 0.25) is 5.02 Å². The summed E-state index contributed by atoms with van der Waals surface area (Å²) >= 11 is 5.86. The lowest BCUT2D eigenvalue weighted by Crippen LogP contribution is -2.34. The first-order valence-corrected chi connectivity index (χ1v) is 7.19. The van der Waals surface area contributed by atoms with Crippen molar-refractivity contribution in [3.8, 4) is 0 Å². The number of halogens is 1. The Hall–Kier alpha value is -1.06. The van der Waals surface area contributed by atoms with Gasteiger partial charge in [-0.1, -0.05) is 23.7 Å². The Morgan fingerprint density at radius 1 is 1.47 bits per heavy atom. The number of amides is 1. The lowest BCUT2D eigenvalue weighted by Gasteiger charge is -2.20. The van der Waals surface area contributed by atoms with Gasteiger partial charge in [0.25, 0.3) is 0 Å². The largest absolute Gasteiger partial charge is 0.350 e. The van der Waals surface area contributed by atoms with Gasteiger partial charge in [-0.25, -0.2) is 0 Å². The van der Waals surface area contributed by atoms with Crippen LogP contribution in [0.15, 0.2) is 24.3 Å². The van der Waals surface area contributed by atoms with Gasteiger partial charge in [0.15, 0.2) is 0 Å². The van der Waals surface area contributed by atoms with E-state index in [-0.39, 0.29) is 11.9 Å². The van der Waals surface area contributed by atoms with Crippen molar-refractivity contribution in [1.82, 2.24) is 10.2 Å². The van der Waals surface area contributed by atoms with Crippen molar-refractivity contribution in [2.24, 2.45) is 0 Å². The minimum Gasteiger partial charge on any atom is -0.350 e. The van der Waals surface area contributed by atoms with Crippen LogP contribution in [0.3, 0.4) is 0 Å². The lowest BCUT2D eigenvalue weighted by atomic mass is 10.1. The molecule has 0 spiro atoms. The molecule has 1 aromatic rings. The molecule has 19 heavy (non-hydrogen) atoms. The second-order valence-corrected chi connectivity index (χ2v) is 5.76. The molecule has 2 rings (SSSR count). The standard InChI is InChI=1S/C15H21ClN2O/c1-11(12-5-7-13(16)8-6-12)17-15(19)10-14-4-3-9-18(14)2/h5-8,11,14H,3-4,9-10H2,1-2H3,(H,17,19)/t11-,14-/m0/s1. The van der Waals surface area contributed by atoms with E-state index in [0.717, 1.165) is 23.6 Å². The van der Waals surface area contributed by atoms with E-state index in [2.05, 4.69) is 17.3 Å². The number of benzene rings is 1. The zero-order valence-electron chi connectivity index (χ0n) is 11.5. The third kappa shape index (κ3) is 3.95. The highest BCUT2D eigenvalue weighted by atomic mass is 35.5. The molecule has 1 aliphatic rings. The molecule has 2 atom stereocenters. The van der Waals surface area contributed by atoms with Crippen LogP contribution in [0, 0.1) is 0 Å². The molecule has 1 aliphatic heterocycles. The van der Waals surface area contributed by atoms with E-state index in [1.165, 1.54) is 6.42 Å². The van der Waals surface area contributed by atoms with E-state index < -0.39 is 0 Å². The van der Waals surface area contributed by atoms with Crippen molar-refractivity contribution < 1.29 is 4.79 Å². The van der Waals surface area contributed by atoms with Gasteiger partial charge in [-0.05, 0) is 51.1 Å². The monoisotopic (exact) mass is 280 g/mol. The third-order valence-electron chi connectivity index (χ3n) is 3.84. The Labute approximate surface area is 119 Å². The van der Waals surface area contributed by atoms with Crippen molar-refractivity contribution in [2.45, 2.75) is 38.3 Å². The fourth-order valence-corrected chi connectivity index (χ4v) is 2.71. The molecule has 0 aromatic heterocycles. The van der Waals surface area contributed by atoms with Gasteiger partial charge in [0.1, 0.15) is 0 Å². The number of rotatable bonds is 4. The van der Waals surface area contributed by atoms with Gasteiger partial charge in [-0.15, -0.1) is 0 Å². The maximum atomic E-state index is 12.0. The quantitative estimate of drug-likeness (QED) is 0.920. The van der Waals surface area contributed by atoms with Crippen molar-refractivity contribution in [3.63, 3.8) is 0 Å². The molecule has 1 N–H and O–H groups in total. The minimum absolute atomic E-state index is 0.0245. The van der Waals surface area contributed by atoms with Crippen molar-refractivity contribution in [1.29, 1.82) is 0 Å². The smallest absolute Gasteiger partial charge is 0.222 e. The van der Waals surface area contributed by atoms with Gasteiger partial charge in [0.05, 0.1) is 6.04 Å². The van der Waals surface area contributed by atoms with E-state index in [1.54, 1.807) is 0 Å². The van der Waals surface area contributed by atoms with E-state index in [0.29, 0.717) is 12.5 Å². The van der Waals surface area contributed by atoms with E-state index in [4.69, 9.17) is 11.6 Å². The Morgan fingerprint density at radius 3 is 2.74 bits per heavy atom. The molecule has 0 radical (unpaired) electrons. The van der Waals surface area contributed by atoms with Crippen LogP contribution in [0.4, 0.5) is 0 Å². The number of likely N-dealkylation sites (tertiary alicyclic amines) is 1. The van der Waals surface area contributed by atoms with Crippen molar-refractivity contribution in [2.75, 3.05) is 13.6 Å². The molecule has 0 bridgehead atoms. The van der Waals surface area contributed by atoms with Crippen LogP contribution in [0.5, 0.6) is 0 Å². The zero-order chi connectivity index (χ0) is 13.8. The van der Waals surface area contributed by atoms with Gasteiger partial charge in [-0.2, -0.15) is 0 Å². The molecule has 1 fully saturated rings. The maximum absolute atomic E-state index is 12.0. The SMILES string of the molecule is C[C@H](NC(=O)C[C@@H]1CCCN1C)c1ccc(Cl)cc1. The first-order valence-electron chi connectivity index (χ1n) is 6.81. The average Bonchev–Trinajstić information content (AvgIpc) is 2.75. The first kappa shape index (κ1) is 14.4. The second kappa shape index (κ2) is 6.40. The Balaban J connectivity index is 1.86. The van der Waals surface area contributed by atoms with Crippen molar-refractivity contribution in [3.05, 3.63) is 34.9 Å². The molecule has 4 heteroatoms. The first-order chi connectivity index (χ1) is 9.06. The summed E-state index contributed by atoms with van der Waals surface area (Å²) in [5.41, 5.74) is 1.08. The van der Waals surface area contributed by atoms with Gasteiger partial charge in [0.2, 0.25) is 5.91 Å². The summed E-state index contributed by atoms with van der Waals surface area (Å²) in [6.07, 6.45) is 2.91. The summed E-state index contributed by atoms with van der Waals surface area (Å²) in [7, 11) is 2.09. The second-order valence-electron chi connectivity index (χ2n) is 5.32. The Kier molecular flexibility index (Phi) is 4.83. The van der Waals surface area contributed by atoms with Gasteiger partial charge in [-0.3, -0.25) is 4.79 Å². The van der Waals surface area contributed by atoms with Crippen LogP contribution in [0.1, 0.15) is 37.8 Å². The predicted molar refractivity (Wildman–Crippen MR) is 78.3 cm³/mol. The predicted octanol–water partition coefficient (Wildman–Crippen LogP) is 3.00. The summed E-state index contributed by atoms with van der Waals surface area (Å²) in [6.45, 7) is 3.10. The topological polar surface area (TPSA) is 32.3 Å². The normalized spacial score (nSPS) is 21.3. The third-order valence-corrected chi connectivity index (χ3v) is 4.09. The minimum atomic E-state index is 0.0245. The molecule has 104 valence electrons. The van der Waals surface area contributed by atoms with Crippen LogP contribution >= 0.6 is 11.6 Å². The van der Waals surface area contributed by atoms with Gasteiger partial charge >= 0.3 is 0 Å². The van der Waals surface area contributed by atoms with Crippen LogP contribution in [-0.2, 0) is 4.79 Å². The van der Waals surface area contributed by atoms with E-state index >= 15 is 0 Å². The summed E-state index contributed by atoms with van der Waals surface area (Å²) in [4.78, 5) is 14.3. The Morgan fingerprint density at radius 2 is 2.16 bits per heavy atom. The van der Waals surface area contributed by atoms with E-state index in [1.807, 2.05) is 31.2 Å². The maximum Gasteiger partial charge on any atom is 0.222 e. The average molecular weight is 281 g/mol. The highest BCUT2D eigenvalue weighted by Gasteiger charge is 2.23. The van der Waals surface area contributed by atoms with E-state index in [9.17, 15) is 4.79 Å². The molecular formula is C15H21ClN2O. The Bertz CT molecular complexity index is 432. The molecule has 3 nitrogen and oxygen atoms in total. The van der Waals surface area contributed by atoms with Crippen LogP contribution in [0.25, 0.3) is 0 Å². The molecule has 0 aliphatic carbocycles. The summed E-state index contributed by atoms with van der Waals surface area (Å²) in [5.74, 6) is 0.126. The number of nitrogens with one attached hydrogen (secondary N) is 1. The molecule has 1 aromatic carbocycles. The van der Waals surface area contributed by atoms with Gasteiger partial charge in [0, 0.05) is 17.5 Å². The fourth-order valence-electron chi connectivity index (χ4n) is 2.59. The highest BCUT2D eigenvalue weighted by molar-refractivity contribution is 6.30. The molecular weight excluding hydrogens is 260 g/mol. The molecule has 1 heterocycles. The summed E-state index contributed by atoms with van der Waals surface area (Å²) in [6, 6.07) is 8.03. The molecule has 0 unspecified atom stereocenters. The lowest BCUT2D eigenvalue weighted by molar-refractivity contribution is -0.122. The number of hydrogen-bond acceptors (Lipinski definition) is 2. The number of carbonyl (C=O) groups excluding carboxylic acids is 1. The molecule has 0 saturated carbocycles. The van der Waals surface area contributed by atoms with Crippen LogP contribution in [-0.4, -0.2) is 30.4 Å². The van der Waals surface area contributed by atoms with Crippen LogP contribution < -0.4 is 5.32 Å². The molecule has 1 amide bonds.